The molecule has 1 amide bonds. The summed E-state index contributed by atoms with van der Waals surface area (Å²) in [4.78, 5) is 14.9. The zero-order chi connectivity index (χ0) is 20.9. The molecule has 8 heteroatoms. The Kier molecular flexibility index (Phi) is 6.23. The number of thioether (sulfide) groups is 1. The number of aryl methyl sites for hydroxylation is 1. The van der Waals surface area contributed by atoms with Crippen LogP contribution in [-0.2, 0) is 11.3 Å². The minimum atomic E-state index is -0.0790. The molecule has 0 radical (unpaired) electrons. The van der Waals surface area contributed by atoms with Gasteiger partial charge in [0.25, 0.3) is 0 Å². The van der Waals surface area contributed by atoms with Crippen LogP contribution in [0, 0.1) is 6.92 Å². The number of amides is 1. The van der Waals surface area contributed by atoms with E-state index in [4.69, 9.17) is 4.42 Å². The average molecular weight is 424 g/mol. The van der Waals surface area contributed by atoms with Crippen molar-refractivity contribution in [2.45, 2.75) is 31.5 Å². The SMILES string of the molecule is C=CCn1c(SCC(=O)Nc2ccc(N3CCCC3)cc2C)nnc1-c1ccco1. The van der Waals surface area contributed by atoms with E-state index in [0.29, 0.717) is 23.3 Å². The van der Waals surface area contributed by atoms with E-state index >= 15 is 0 Å². The van der Waals surface area contributed by atoms with Crippen LogP contribution in [0.1, 0.15) is 18.4 Å². The third-order valence-electron chi connectivity index (χ3n) is 5.06. The lowest BCUT2D eigenvalue weighted by Gasteiger charge is -2.19. The van der Waals surface area contributed by atoms with E-state index in [1.807, 2.05) is 23.6 Å². The molecule has 3 heterocycles. The second-order valence-corrected chi connectivity index (χ2v) is 8.16. The fourth-order valence-electron chi connectivity index (χ4n) is 3.55. The van der Waals surface area contributed by atoms with Crippen molar-refractivity contribution in [2.24, 2.45) is 0 Å². The number of nitrogens with one attached hydrogen (secondary N) is 1. The van der Waals surface area contributed by atoms with Crippen molar-refractivity contribution in [3.8, 4) is 11.6 Å². The van der Waals surface area contributed by atoms with Crippen LogP contribution < -0.4 is 10.2 Å². The molecule has 156 valence electrons. The highest BCUT2D eigenvalue weighted by Gasteiger charge is 2.17. The minimum absolute atomic E-state index is 0.0790. The largest absolute Gasteiger partial charge is 0.461 e. The van der Waals surface area contributed by atoms with E-state index in [0.717, 1.165) is 24.3 Å². The molecule has 1 aromatic carbocycles. The highest BCUT2D eigenvalue weighted by molar-refractivity contribution is 7.99. The summed E-state index contributed by atoms with van der Waals surface area (Å²) >= 11 is 1.34. The zero-order valence-electron chi connectivity index (χ0n) is 17.0. The van der Waals surface area contributed by atoms with Crippen LogP contribution >= 0.6 is 11.8 Å². The van der Waals surface area contributed by atoms with Crippen molar-refractivity contribution in [1.29, 1.82) is 0 Å². The summed E-state index contributed by atoms with van der Waals surface area (Å²) in [5.74, 6) is 1.41. The monoisotopic (exact) mass is 423 g/mol. The standard InChI is InChI=1S/C22H25N5O2S/c1-3-10-27-21(19-7-6-13-29-19)24-25-22(27)30-15-20(28)23-18-9-8-17(14-16(18)2)26-11-4-5-12-26/h3,6-9,13-14H,1,4-5,10-12,15H2,2H3,(H,23,28). The maximum Gasteiger partial charge on any atom is 0.234 e. The van der Waals surface area contributed by atoms with Gasteiger partial charge in [0.15, 0.2) is 10.9 Å². The minimum Gasteiger partial charge on any atom is -0.461 e. The third kappa shape index (κ3) is 4.43. The number of rotatable bonds is 8. The molecule has 1 N–H and O–H groups in total. The molecule has 3 aromatic rings. The fourth-order valence-corrected chi connectivity index (χ4v) is 4.30. The number of hydrogen-bond donors (Lipinski definition) is 1. The van der Waals surface area contributed by atoms with E-state index in [1.54, 1.807) is 18.4 Å². The highest BCUT2D eigenvalue weighted by atomic mass is 32.2. The van der Waals surface area contributed by atoms with Gasteiger partial charge in [-0.1, -0.05) is 17.8 Å². The van der Waals surface area contributed by atoms with Crippen LogP contribution in [-0.4, -0.2) is 39.5 Å². The zero-order valence-corrected chi connectivity index (χ0v) is 17.8. The van der Waals surface area contributed by atoms with Crippen LogP contribution in [0.5, 0.6) is 0 Å². The quantitative estimate of drug-likeness (QED) is 0.428. The highest BCUT2D eigenvalue weighted by Crippen LogP contribution is 2.27. The first-order chi connectivity index (χ1) is 14.7. The predicted octanol–water partition coefficient (Wildman–Crippen LogP) is 4.36. The lowest BCUT2D eigenvalue weighted by atomic mass is 10.1. The van der Waals surface area contributed by atoms with Crippen molar-refractivity contribution >= 4 is 29.0 Å². The van der Waals surface area contributed by atoms with E-state index in [1.165, 1.54) is 30.3 Å². The Bertz CT molecular complexity index is 1020. The number of anilines is 2. The van der Waals surface area contributed by atoms with Crippen molar-refractivity contribution in [3.63, 3.8) is 0 Å². The molecule has 1 saturated heterocycles. The number of aromatic nitrogens is 3. The van der Waals surface area contributed by atoms with Gasteiger partial charge in [-0.05, 0) is 55.7 Å². The summed E-state index contributed by atoms with van der Waals surface area (Å²) in [5.41, 5.74) is 3.13. The van der Waals surface area contributed by atoms with Gasteiger partial charge in [-0.3, -0.25) is 9.36 Å². The van der Waals surface area contributed by atoms with Gasteiger partial charge in [0.2, 0.25) is 11.7 Å². The van der Waals surface area contributed by atoms with Crippen LogP contribution in [0.2, 0.25) is 0 Å². The number of carbonyl (C=O) groups is 1. The van der Waals surface area contributed by atoms with Gasteiger partial charge in [0.05, 0.1) is 12.0 Å². The predicted molar refractivity (Wildman–Crippen MR) is 120 cm³/mol. The number of benzene rings is 1. The Labute approximate surface area is 180 Å². The summed E-state index contributed by atoms with van der Waals surface area (Å²) in [7, 11) is 0. The van der Waals surface area contributed by atoms with E-state index in [9.17, 15) is 4.79 Å². The molecule has 0 bridgehead atoms. The molecule has 0 unspecified atom stereocenters. The summed E-state index contributed by atoms with van der Waals surface area (Å²) in [6.07, 6.45) is 5.85. The van der Waals surface area contributed by atoms with Gasteiger partial charge in [0, 0.05) is 31.0 Å². The van der Waals surface area contributed by atoms with E-state index < -0.39 is 0 Å². The van der Waals surface area contributed by atoms with Crippen molar-refractivity contribution < 1.29 is 9.21 Å². The van der Waals surface area contributed by atoms with Gasteiger partial charge in [-0.2, -0.15) is 0 Å². The lowest BCUT2D eigenvalue weighted by molar-refractivity contribution is -0.113. The van der Waals surface area contributed by atoms with Crippen LogP contribution in [0.15, 0.2) is 58.8 Å². The number of carbonyl (C=O) groups excluding carboxylic acids is 1. The number of furan rings is 1. The summed E-state index contributed by atoms with van der Waals surface area (Å²) < 4.78 is 7.32. The van der Waals surface area contributed by atoms with Gasteiger partial charge in [-0.15, -0.1) is 16.8 Å². The van der Waals surface area contributed by atoms with Crippen LogP contribution in [0.3, 0.4) is 0 Å². The topological polar surface area (TPSA) is 76.2 Å². The van der Waals surface area contributed by atoms with Crippen LogP contribution in [0.4, 0.5) is 11.4 Å². The normalized spacial score (nSPS) is 13.6. The second kappa shape index (κ2) is 9.21. The molecule has 0 saturated carbocycles. The Morgan fingerprint density at radius 1 is 1.30 bits per heavy atom. The molecule has 7 nitrogen and oxygen atoms in total. The first-order valence-electron chi connectivity index (χ1n) is 10.0. The molecule has 1 fully saturated rings. The van der Waals surface area contributed by atoms with Crippen molar-refractivity contribution in [2.75, 3.05) is 29.1 Å². The summed E-state index contributed by atoms with van der Waals surface area (Å²) in [5, 5.41) is 12.1. The van der Waals surface area contributed by atoms with Gasteiger partial charge >= 0.3 is 0 Å². The fraction of sp³-hybridized carbons (Fsp3) is 0.318. The third-order valence-corrected chi connectivity index (χ3v) is 6.02. The molecule has 0 atom stereocenters. The molecule has 0 aliphatic carbocycles. The van der Waals surface area contributed by atoms with Gasteiger partial charge in [0.1, 0.15) is 0 Å². The van der Waals surface area contributed by atoms with Crippen molar-refractivity contribution in [1.82, 2.24) is 14.8 Å². The molecular weight excluding hydrogens is 398 g/mol. The maximum absolute atomic E-state index is 12.5. The Balaban J connectivity index is 1.40. The summed E-state index contributed by atoms with van der Waals surface area (Å²) in [6.45, 7) is 8.56. The lowest BCUT2D eigenvalue weighted by Crippen LogP contribution is -2.18. The molecule has 2 aromatic heterocycles. The number of allylic oxidation sites excluding steroid dienone is 1. The number of hydrogen-bond acceptors (Lipinski definition) is 6. The first kappa shape index (κ1) is 20.3. The summed E-state index contributed by atoms with van der Waals surface area (Å²) in [6, 6.07) is 9.85. The molecule has 1 aliphatic heterocycles. The Morgan fingerprint density at radius 3 is 2.83 bits per heavy atom. The molecular formula is C22H25N5O2S. The van der Waals surface area contributed by atoms with Gasteiger partial charge < -0.3 is 14.6 Å². The first-order valence-corrected chi connectivity index (χ1v) is 11.0. The molecule has 0 spiro atoms. The van der Waals surface area contributed by atoms with Gasteiger partial charge in [-0.25, -0.2) is 0 Å². The second-order valence-electron chi connectivity index (χ2n) is 7.21. The van der Waals surface area contributed by atoms with Crippen LogP contribution in [0.25, 0.3) is 11.6 Å². The Morgan fingerprint density at radius 2 is 2.13 bits per heavy atom. The van der Waals surface area contributed by atoms with Crippen molar-refractivity contribution in [3.05, 3.63) is 54.8 Å². The molecule has 4 rings (SSSR count). The molecule has 30 heavy (non-hydrogen) atoms. The molecule has 1 aliphatic rings. The van der Waals surface area contributed by atoms with E-state index in [2.05, 4.69) is 39.1 Å². The maximum atomic E-state index is 12.5. The number of nitrogens with zero attached hydrogens (tertiary/aromatic N) is 4. The smallest absolute Gasteiger partial charge is 0.234 e. The Hall–Kier alpha value is -3.00. The average Bonchev–Trinajstić information content (AvgIpc) is 3.50. The van der Waals surface area contributed by atoms with E-state index in [-0.39, 0.29) is 11.7 Å².